The number of amides is 1. The Bertz CT molecular complexity index is 1220. The van der Waals surface area contributed by atoms with E-state index in [1.807, 2.05) is 13.8 Å². The van der Waals surface area contributed by atoms with Gasteiger partial charge in [-0.15, -0.1) is 21.5 Å². The van der Waals surface area contributed by atoms with Crippen molar-refractivity contribution in [3.8, 4) is 10.8 Å². The number of halogens is 1. The molecule has 9 nitrogen and oxygen atoms in total. The fraction of sp³-hybridized carbons (Fsp3) is 0.368. The SMILES string of the molecule is Cc1nc(C)c(-c2nnc(SCC(=O)N3CCN(S(=O)(=O)c4ccc(F)cc4)CC3)o2)s1. The molecule has 1 aliphatic rings. The van der Waals surface area contributed by atoms with E-state index < -0.39 is 15.8 Å². The average molecular weight is 498 g/mol. The molecule has 0 unspecified atom stereocenters. The molecule has 1 aliphatic heterocycles. The van der Waals surface area contributed by atoms with Gasteiger partial charge in [0.1, 0.15) is 10.7 Å². The highest BCUT2D eigenvalue weighted by atomic mass is 32.2. The molecule has 1 fully saturated rings. The number of sulfonamides is 1. The molecular weight excluding hydrogens is 477 g/mol. The molecule has 0 spiro atoms. The van der Waals surface area contributed by atoms with Gasteiger partial charge in [0, 0.05) is 26.2 Å². The highest BCUT2D eigenvalue weighted by Gasteiger charge is 2.30. The van der Waals surface area contributed by atoms with Crippen LogP contribution in [-0.2, 0) is 14.8 Å². The maximum absolute atomic E-state index is 13.1. The maximum Gasteiger partial charge on any atom is 0.277 e. The number of carbonyl (C=O) groups is 1. The minimum atomic E-state index is -3.72. The molecule has 0 aliphatic carbocycles. The van der Waals surface area contributed by atoms with E-state index in [-0.39, 0.29) is 48.0 Å². The van der Waals surface area contributed by atoms with E-state index in [2.05, 4.69) is 15.2 Å². The van der Waals surface area contributed by atoms with Crippen LogP contribution in [0, 0.1) is 19.7 Å². The van der Waals surface area contributed by atoms with Crippen LogP contribution in [0.5, 0.6) is 0 Å². The zero-order valence-electron chi connectivity index (χ0n) is 17.3. The number of benzene rings is 1. The van der Waals surface area contributed by atoms with Crippen molar-refractivity contribution in [1.82, 2.24) is 24.4 Å². The number of rotatable bonds is 6. The molecule has 2 aromatic heterocycles. The normalized spacial score (nSPS) is 15.3. The molecule has 1 aromatic carbocycles. The zero-order chi connectivity index (χ0) is 22.9. The first-order valence-corrected chi connectivity index (χ1v) is 12.9. The number of aromatic nitrogens is 3. The second kappa shape index (κ2) is 9.25. The lowest BCUT2D eigenvalue weighted by Crippen LogP contribution is -2.50. The van der Waals surface area contributed by atoms with Crippen molar-refractivity contribution in [2.24, 2.45) is 0 Å². The molecule has 13 heteroatoms. The van der Waals surface area contributed by atoms with E-state index in [1.165, 1.54) is 27.8 Å². The molecule has 32 heavy (non-hydrogen) atoms. The van der Waals surface area contributed by atoms with Crippen molar-refractivity contribution >= 4 is 39.0 Å². The van der Waals surface area contributed by atoms with Gasteiger partial charge in [-0.2, -0.15) is 4.31 Å². The number of carbonyl (C=O) groups excluding carboxylic acids is 1. The molecule has 4 rings (SSSR count). The van der Waals surface area contributed by atoms with Crippen LogP contribution in [-0.4, -0.2) is 70.6 Å². The minimum Gasteiger partial charge on any atom is -0.410 e. The monoisotopic (exact) mass is 497 g/mol. The summed E-state index contributed by atoms with van der Waals surface area (Å²) < 4.78 is 45.4. The third-order valence-corrected chi connectivity index (χ3v) is 8.64. The van der Waals surface area contributed by atoms with E-state index in [0.717, 1.165) is 39.5 Å². The molecular formula is C19H20FN5O4S3. The third kappa shape index (κ3) is 4.85. The number of hydrogen-bond donors (Lipinski definition) is 0. The van der Waals surface area contributed by atoms with Gasteiger partial charge in [0.25, 0.3) is 11.1 Å². The van der Waals surface area contributed by atoms with Crippen LogP contribution < -0.4 is 0 Å². The van der Waals surface area contributed by atoms with Gasteiger partial charge in [0.05, 0.1) is 21.3 Å². The number of nitrogens with zero attached hydrogens (tertiary/aromatic N) is 5. The Hall–Kier alpha value is -2.35. The summed E-state index contributed by atoms with van der Waals surface area (Å²) in [5, 5.41) is 9.21. The topological polar surface area (TPSA) is 110 Å². The summed E-state index contributed by atoms with van der Waals surface area (Å²) in [5.74, 6) is -0.156. The Labute approximate surface area is 192 Å². The van der Waals surface area contributed by atoms with E-state index >= 15 is 0 Å². The summed E-state index contributed by atoms with van der Waals surface area (Å²) in [6, 6.07) is 4.72. The second-order valence-electron chi connectivity index (χ2n) is 7.05. The van der Waals surface area contributed by atoms with E-state index in [4.69, 9.17) is 4.42 Å². The first-order valence-electron chi connectivity index (χ1n) is 9.68. The Morgan fingerprint density at radius 3 is 2.47 bits per heavy atom. The molecule has 3 aromatic rings. The van der Waals surface area contributed by atoms with Crippen molar-refractivity contribution in [3.63, 3.8) is 0 Å². The van der Waals surface area contributed by atoms with Crippen molar-refractivity contribution in [2.75, 3.05) is 31.9 Å². The number of thiazole rings is 1. The maximum atomic E-state index is 13.1. The Morgan fingerprint density at radius 1 is 1.16 bits per heavy atom. The van der Waals surface area contributed by atoms with Crippen LogP contribution in [0.25, 0.3) is 10.8 Å². The van der Waals surface area contributed by atoms with Crippen molar-refractivity contribution < 1.29 is 22.0 Å². The number of aryl methyl sites for hydroxylation is 2. The van der Waals surface area contributed by atoms with E-state index in [1.54, 1.807) is 4.90 Å². The molecule has 1 saturated heterocycles. The smallest absolute Gasteiger partial charge is 0.277 e. The quantitative estimate of drug-likeness (QED) is 0.478. The Balaban J connectivity index is 1.30. The molecule has 0 saturated carbocycles. The molecule has 0 radical (unpaired) electrons. The number of hydrogen-bond acceptors (Lipinski definition) is 9. The van der Waals surface area contributed by atoms with Crippen LogP contribution >= 0.6 is 23.1 Å². The summed E-state index contributed by atoms with van der Waals surface area (Å²) in [6.45, 7) is 4.66. The highest BCUT2D eigenvalue weighted by molar-refractivity contribution is 7.99. The standard InChI is InChI=1S/C19H20FN5O4S3/c1-12-17(31-13(2)21-12)18-22-23-19(29-18)30-11-16(26)24-7-9-25(10-8-24)32(27,28)15-5-3-14(20)4-6-15/h3-6H,7-11H2,1-2H3. The molecule has 0 bridgehead atoms. The van der Waals surface area contributed by atoms with Gasteiger partial charge in [-0.25, -0.2) is 17.8 Å². The number of thioether (sulfide) groups is 1. The van der Waals surface area contributed by atoms with Gasteiger partial charge < -0.3 is 9.32 Å². The predicted octanol–water partition coefficient (Wildman–Crippen LogP) is 2.57. The largest absolute Gasteiger partial charge is 0.410 e. The van der Waals surface area contributed by atoms with Gasteiger partial charge >= 0.3 is 0 Å². The highest BCUT2D eigenvalue weighted by Crippen LogP contribution is 2.30. The lowest BCUT2D eigenvalue weighted by molar-refractivity contribution is -0.129. The van der Waals surface area contributed by atoms with Gasteiger partial charge in [0.2, 0.25) is 15.9 Å². The summed E-state index contributed by atoms with van der Waals surface area (Å²) in [6.07, 6.45) is 0. The summed E-state index contributed by atoms with van der Waals surface area (Å²) >= 11 is 2.61. The van der Waals surface area contributed by atoms with Crippen molar-refractivity contribution in [2.45, 2.75) is 24.0 Å². The van der Waals surface area contributed by atoms with E-state index in [9.17, 15) is 17.6 Å². The average Bonchev–Trinajstić information content (AvgIpc) is 3.38. The van der Waals surface area contributed by atoms with Crippen LogP contribution in [0.1, 0.15) is 10.7 Å². The van der Waals surface area contributed by atoms with Gasteiger partial charge in [0.15, 0.2) is 0 Å². The van der Waals surface area contributed by atoms with Crippen LogP contribution in [0.15, 0.2) is 38.8 Å². The predicted molar refractivity (Wildman–Crippen MR) is 117 cm³/mol. The summed E-state index contributed by atoms with van der Waals surface area (Å²) in [7, 11) is -3.72. The van der Waals surface area contributed by atoms with Crippen LogP contribution in [0.4, 0.5) is 4.39 Å². The summed E-state index contributed by atoms with van der Waals surface area (Å²) in [4.78, 5) is 19.4. The lowest BCUT2D eigenvalue weighted by Gasteiger charge is -2.33. The lowest BCUT2D eigenvalue weighted by atomic mass is 10.3. The second-order valence-corrected chi connectivity index (χ2v) is 11.1. The fourth-order valence-corrected chi connectivity index (χ4v) is 6.17. The first-order chi connectivity index (χ1) is 15.2. The van der Waals surface area contributed by atoms with Gasteiger partial charge in [-0.05, 0) is 38.1 Å². The Kier molecular flexibility index (Phi) is 6.60. The zero-order valence-corrected chi connectivity index (χ0v) is 19.8. The molecule has 1 amide bonds. The number of piperazine rings is 1. The van der Waals surface area contributed by atoms with Crippen molar-refractivity contribution in [3.05, 3.63) is 40.8 Å². The van der Waals surface area contributed by atoms with E-state index in [0.29, 0.717) is 5.89 Å². The first kappa shape index (κ1) is 22.8. The minimum absolute atomic E-state index is 0.0350. The van der Waals surface area contributed by atoms with Gasteiger partial charge in [-0.1, -0.05) is 11.8 Å². The molecule has 0 atom stereocenters. The third-order valence-electron chi connectivity index (χ3n) is 4.87. The fourth-order valence-electron chi connectivity index (χ4n) is 3.24. The Morgan fingerprint density at radius 2 is 1.84 bits per heavy atom. The molecule has 170 valence electrons. The van der Waals surface area contributed by atoms with Crippen LogP contribution in [0.3, 0.4) is 0 Å². The molecule has 0 N–H and O–H groups in total. The van der Waals surface area contributed by atoms with Crippen LogP contribution in [0.2, 0.25) is 0 Å². The van der Waals surface area contributed by atoms with Crippen molar-refractivity contribution in [1.29, 1.82) is 0 Å². The van der Waals surface area contributed by atoms with Gasteiger partial charge in [-0.3, -0.25) is 4.79 Å². The summed E-state index contributed by atoms with van der Waals surface area (Å²) in [5.41, 5.74) is 0.817. The molecule has 3 heterocycles.